The summed E-state index contributed by atoms with van der Waals surface area (Å²) in [6, 6.07) is 4.26. The third kappa shape index (κ3) is 4.81. The lowest BCUT2D eigenvalue weighted by Gasteiger charge is -2.17. The number of rotatable bonds is 8. The second-order valence-electron chi connectivity index (χ2n) is 4.69. The Hall–Kier alpha value is -1.62. The van der Waals surface area contributed by atoms with Gasteiger partial charge in [-0.3, -0.25) is 4.79 Å². The molecule has 1 rings (SSSR count). The van der Waals surface area contributed by atoms with Gasteiger partial charge in [-0.2, -0.15) is 0 Å². The van der Waals surface area contributed by atoms with E-state index >= 15 is 0 Å². The lowest BCUT2D eigenvalue weighted by molar-refractivity contribution is 0.0953. The number of unbranched alkanes of at least 4 members (excludes halogenated alkanes) is 1. The zero-order valence-corrected chi connectivity index (χ0v) is 12.3. The van der Waals surface area contributed by atoms with Gasteiger partial charge >= 0.3 is 0 Å². The summed E-state index contributed by atoms with van der Waals surface area (Å²) in [5.74, 6) is -0.871. The summed E-state index contributed by atoms with van der Waals surface area (Å²) in [7, 11) is 0. The Balaban J connectivity index is 2.32. The predicted octanol–water partition coefficient (Wildman–Crippen LogP) is 2.26. The Morgan fingerprint density at radius 3 is 2.65 bits per heavy atom. The number of nitrogens with one attached hydrogen (secondary N) is 1. The van der Waals surface area contributed by atoms with Crippen LogP contribution in [0, 0.1) is 5.82 Å². The molecule has 5 heteroatoms. The van der Waals surface area contributed by atoms with Crippen LogP contribution in [0.5, 0.6) is 0 Å². The monoisotopic (exact) mass is 281 g/mol. The number of benzene rings is 1. The fraction of sp³-hybridized carbons (Fsp3) is 0.533. The van der Waals surface area contributed by atoms with Crippen LogP contribution in [0.25, 0.3) is 0 Å². The molecule has 0 atom stereocenters. The maximum atomic E-state index is 13.2. The highest BCUT2D eigenvalue weighted by Gasteiger charge is 2.11. The lowest BCUT2D eigenvalue weighted by Crippen LogP contribution is -2.27. The number of halogens is 1. The molecule has 0 saturated heterocycles. The minimum absolute atomic E-state index is 0.0897. The minimum Gasteiger partial charge on any atom is -0.396 e. The molecular weight excluding hydrogens is 257 g/mol. The van der Waals surface area contributed by atoms with E-state index in [9.17, 15) is 9.18 Å². The van der Waals surface area contributed by atoms with Crippen molar-refractivity contribution in [3.8, 4) is 0 Å². The van der Waals surface area contributed by atoms with E-state index in [-0.39, 0.29) is 17.2 Å². The lowest BCUT2D eigenvalue weighted by atomic mass is 10.1. The maximum Gasteiger partial charge on any atom is 0.253 e. The van der Waals surface area contributed by atoms with Crippen molar-refractivity contribution in [3.05, 3.63) is 29.6 Å². The van der Waals surface area contributed by atoms with Crippen molar-refractivity contribution in [1.82, 2.24) is 10.2 Å². The number of hydrogen-bond acceptors (Lipinski definition) is 3. The molecule has 1 amide bonds. The molecule has 0 fully saturated rings. The molecule has 0 unspecified atom stereocenters. The third-order valence-corrected chi connectivity index (χ3v) is 3.38. The summed E-state index contributed by atoms with van der Waals surface area (Å²) in [5, 5.41) is 2.77. The fourth-order valence-electron chi connectivity index (χ4n) is 2.03. The van der Waals surface area contributed by atoms with Crippen LogP contribution in [0.15, 0.2) is 18.2 Å². The Labute approximate surface area is 120 Å². The van der Waals surface area contributed by atoms with E-state index in [1.165, 1.54) is 18.2 Å². The Bertz CT molecular complexity index is 433. The van der Waals surface area contributed by atoms with Gasteiger partial charge in [0.25, 0.3) is 5.91 Å². The van der Waals surface area contributed by atoms with E-state index in [4.69, 9.17) is 5.73 Å². The number of carbonyl (C=O) groups is 1. The summed E-state index contributed by atoms with van der Waals surface area (Å²) >= 11 is 0. The van der Waals surface area contributed by atoms with Crippen molar-refractivity contribution in [2.24, 2.45) is 0 Å². The topological polar surface area (TPSA) is 58.4 Å². The van der Waals surface area contributed by atoms with Crippen LogP contribution >= 0.6 is 0 Å². The van der Waals surface area contributed by atoms with E-state index in [0.29, 0.717) is 6.54 Å². The first kappa shape index (κ1) is 16.4. The molecule has 4 nitrogen and oxygen atoms in total. The number of anilines is 1. The van der Waals surface area contributed by atoms with Crippen LogP contribution in [0.1, 0.15) is 37.0 Å². The van der Waals surface area contributed by atoms with Crippen molar-refractivity contribution in [2.45, 2.75) is 26.7 Å². The quantitative estimate of drug-likeness (QED) is 0.567. The van der Waals surface area contributed by atoms with Gasteiger partial charge in [0.1, 0.15) is 5.82 Å². The van der Waals surface area contributed by atoms with Gasteiger partial charge < -0.3 is 16.0 Å². The van der Waals surface area contributed by atoms with Crippen molar-refractivity contribution in [2.75, 3.05) is 31.9 Å². The molecule has 0 saturated carbocycles. The van der Waals surface area contributed by atoms with Crippen LogP contribution in [-0.2, 0) is 0 Å². The first-order valence-corrected chi connectivity index (χ1v) is 7.14. The molecule has 1 aromatic carbocycles. The summed E-state index contributed by atoms with van der Waals surface area (Å²) in [6.07, 6.45) is 1.93. The van der Waals surface area contributed by atoms with Crippen LogP contribution in [0.2, 0.25) is 0 Å². The van der Waals surface area contributed by atoms with Gasteiger partial charge in [0.15, 0.2) is 0 Å². The second kappa shape index (κ2) is 8.53. The van der Waals surface area contributed by atoms with E-state index in [1.807, 2.05) is 0 Å². The van der Waals surface area contributed by atoms with Crippen LogP contribution in [-0.4, -0.2) is 37.0 Å². The van der Waals surface area contributed by atoms with E-state index in [1.54, 1.807) is 0 Å². The van der Waals surface area contributed by atoms with Crippen molar-refractivity contribution >= 4 is 11.6 Å². The number of nitrogens with two attached hydrogens (primary N) is 1. The van der Waals surface area contributed by atoms with Crippen molar-refractivity contribution in [1.29, 1.82) is 0 Å². The molecule has 0 aliphatic carbocycles. The molecule has 0 aromatic heterocycles. The van der Waals surface area contributed by atoms with Gasteiger partial charge in [-0.1, -0.05) is 19.9 Å². The molecule has 0 heterocycles. The molecular formula is C15H24FN3O. The third-order valence-electron chi connectivity index (χ3n) is 3.38. The van der Waals surface area contributed by atoms with Gasteiger partial charge in [-0.25, -0.2) is 4.39 Å². The minimum atomic E-state index is -0.556. The van der Waals surface area contributed by atoms with E-state index in [2.05, 4.69) is 24.1 Å². The smallest absolute Gasteiger partial charge is 0.253 e. The van der Waals surface area contributed by atoms with Crippen LogP contribution < -0.4 is 11.1 Å². The number of nitrogen functional groups attached to an aromatic ring is 1. The average Bonchev–Trinajstić information content (AvgIpc) is 2.45. The molecule has 0 bridgehead atoms. The van der Waals surface area contributed by atoms with E-state index in [0.717, 1.165) is 32.5 Å². The SMILES string of the molecule is CCN(CC)CCCCNC(=O)c1cccc(F)c1N. The highest BCUT2D eigenvalue weighted by molar-refractivity contribution is 5.99. The number of amides is 1. The van der Waals surface area contributed by atoms with Crippen molar-refractivity contribution in [3.63, 3.8) is 0 Å². The molecule has 0 aliphatic heterocycles. The molecule has 20 heavy (non-hydrogen) atoms. The van der Waals surface area contributed by atoms with Gasteiger partial charge in [-0.05, 0) is 44.6 Å². The fourth-order valence-corrected chi connectivity index (χ4v) is 2.03. The standard InChI is InChI=1S/C15H24FN3O/c1-3-19(4-2)11-6-5-10-18-15(20)12-8-7-9-13(16)14(12)17/h7-9H,3-6,10-11,17H2,1-2H3,(H,18,20). The van der Waals surface area contributed by atoms with Crippen LogP contribution in [0.3, 0.4) is 0 Å². The highest BCUT2D eigenvalue weighted by atomic mass is 19.1. The highest BCUT2D eigenvalue weighted by Crippen LogP contribution is 2.15. The number of hydrogen-bond donors (Lipinski definition) is 2. The van der Waals surface area contributed by atoms with Crippen molar-refractivity contribution < 1.29 is 9.18 Å². The number of para-hydroxylation sites is 1. The second-order valence-corrected chi connectivity index (χ2v) is 4.69. The van der Waals surface area contributed by atoms with Gasteiger partial charge in [0, 0.05) is 6.54 Å². The molecule has 112 valence electrons. The maximum absolute atomic E-state index is 13.2. The number of nitrogens with zero attached hydrogens (tertiary/aromatic N) is 1. The van der Waals surface area contributed by atoms with Gasteiger partial charge in [0.05, 0.1) is 11.3 Å². The molecule has 3 N–H and O–H groups in total. The molecule has 0 radical (unpaired) electrons. The van der Waals surface area contributed by atoms with Gasteiger partial charge in [-0.15, -0.1) is 0 Å². The molecule has 1 aromatic rings. The molecule has 0 spiro atoms. The average molecular weight is 281 g/mol. The van der Waals surface area contributed by atoms with E-state index < -0.39 is 5.82 Å². The Kier molecular flexibility index (Phi) is 7.01. The predicted molar refractivity (Wildman–Crippen MR) is 80.2 cm³/mol. The zero-order valence-electron chi connectivity index (χ0n) is 12.3. The molecule has 0 aliphatic rings. The normalized spacial score (nSPS) is 10.8. The number of carbonyl (C=O) groups excluding carboxylic acids is 1. The largest absolute Gasteiger partial charge is 0.396 e. The first-order chi connectivity index (χ1) is 9.60. The van der Waals surface area contributed by atoms with Crippen LogP contribution in [0.4, 0.5) is 10.1 Å². The Morgan fingerprint density at radius 2 is 2.00 bits per heavy atom. The first-order valence-electron chi connectivity index (χ1n) is 7.14. The summed E-state index contributed by atoms with van der Waals surface area (Å²) < 4.78 is 13.2. The zero-order chi connectivity index (χ0) is 15.0. The van der Waals surface area contributed by atoms with Gasteiger partial charge in [0.2, 0.25) is 0 Å². The Morgan fingerprint density at radius 1 is 1.30 bits per heavy atom. The summed E-state index contributed by atoms with van der Waals surface area (Å²) in [5.41, 5.74) is 5.66. The summed E-state index contributed by atoms with van der Waals surface area (Å²) in [6.45, 7) is 7.97. The summed E-state index contributed by atoms with van der Waals surface area (Å²) in [4.78, 5) is 14.2.